The summed E-state index contributed by atoms with van der Waals surface area (Å²) in [6.07, 6.45) is -2.62. The average Bonchev–Trinajstić information content (AvgIpc) is 2.44. The van der Waals surface area contributed by atoms with E-state index in [1.807, 2.05) is 0 Å². The van der Waals surface area contributed by atoms with Crippen molar-refractivity contribution in [1.82, 2.24) is 0 Å². The topological polar surface area (TPSA) is 37.3 Å². The Morgan fingerprint density at radius 2 is 1.73 bits per heavy atom. The second-order valence-electron chi connectivity index (χ2n) is 4.45. The molecule has 0 aromatic heterocycles. The van der Waals surface area contributed by atoms with Crippen molar-refractivity contribution < 1.29 is 27.5 Å². The van der Waals surface area contributed by atoms with Crippen LogP contribution in [0.3, 0.4) is 0 Å². The first-order valence-electron chi connectivity index (χ1n) is 6.16. The highest BCUT2D eigenvalue weighted by Gasteiger charge is 2.33. The Morgan fingerprint density at radius 3 is 2.32 bits per heavy atom. The molecule has 0 radical (unpaired) electrons. The summed E-state index contributed by atoms with van der Waals surface area (Å²) >= 11 is 0. The van der Waals surface area contributed by atoms with Crippen molar-refractivity contribution in [3.63, 3.8) is 0 Å². The van der Waals surface area contributed by atoms with E-state index in [-0.39, 0.29) is 16.7 Å². The van der Waals surface area contributed by atoms with Crippen LogP contribution in [0.1, 0.15) is 11.1 Å². The maximum atomic E-state index is 14.1. The first-order chi connectivity index (χ1) is 10.3. The van der Waals surface area contributed by atoms with E-state index in [2.05, 4.69) is 0 Å². The molecule has 0 saturated heterocycles. The van der Waals surface area contributed by atoms with Crippen LogP contribution < -0.4 is 0 Å². The molecule has 2 aromatic rings. The largest absolute Gasteiger partial charge is 0.478 e. The van der Waals surface area contributed by atoms with Crippen molar-refractivity contribution in [1.29, 1.82) is 0 Å². The maximum absolute atomic E-state index is 14.1. The molecule has 0 bridgehead atoms. The van der Waals surface area contributed by atoms with Crippen molar-refractivity contribution in [3.8, 4) is 11.1 Å². The van der Waals surface area contributed by atoms with Gasteiger partial charge in [-0.25, -0.2) is 9.18 Å². The molecular weight excluding hydrogens is 300 g/mol. The summed E-state index contributed by atoms with van der Waals surface area (Å²) in [4.78, 5) is 10.4. The van der Waals surface area contributed by atoms with Gasteiger partial charge in [0.25, 0.3) is 0 Å². The molecule has 114 valence electrons. The highest BCUT2D eigenvalue weighted by molar-refractivity contribution is 5.85. The average molecular weight is 310 g/mol. The Morgan fingerprint density at radius 1 is 1.05 bits per heavy atom. The number of benzene rings is 2. The number of carbonyl (C=O) groups is 1. The molecule has 0 saturated carbocycles. The number of hydrogen-bond donors (Lipinski definition) is 1. The summed E-state index contributed by atoms with van der Waals surface area (Å²) in [7, 11) is 0. The minimum Gasteiger partial charge on any atom is -0.478 e. The van der Waals surface area contributed by atoms with E-state index in [0.29, 0.717) is 0 Å². The summed E-state index contributed by atoms with van der Waals surface area (Å²) in [6.45, 7) is 0. The zero-order chi connectivity index (χ0) is 16.3. The SMILES string of the molecule is O=C(O)/C=C/c1ccc(-c2ccccc2C(F)(F)F)c(F)c1. The lowest BCUT2D eigenvalue weighted by atomic mass is 9.97. The van der Waals surface area contributed by atoms with Gasteiger partial charge in [-0.05, 0) is 29.3 Å². The van der Waals surface area contributed by atoms with E-state index in [0.717, 1.165) is 24.3 Å². The third-order valence-corrected chi connectivity index (χ3v) is 2.93. The minimum atomic E-state index is -4.59. The van der Waals surface area contributed by atoms with Gasteiger partial charge in [0.1, 0.15) is 5.82 Å². The van der Waals surface area contributed by atoms with Crippen LogP contribution in [0, 0.1) is 5.82 Å². The van der Waals surface area contributed by atoms with E-state index >= 15 is 0 Å². The van der Waals surface area contributed by atoms with Gasteiger partial charge in [0.2, 0.25) is 0 Å². The Hall–Kier alpha value is -2.63. The summed E-state index contributed by atoms with van der Waals surface area (Å²) in [5.41, 5.74) is -1.14. The quantitative estimate of drug-likeness (QED) is 0.664. The molecule has 2 aromatic carbocycles. The summed E-state index contributed by atoms with van der Waals surface area (Å²) in [6, 6.07) is 8.23. The standard InChI is InChI=1S/C16H10F4O2/c17-14-9-10(6-8-15(21)22)5-7-12(14)11-3-1-2-4-13(11)16(18,19)20/h1-9H,(H,21,22)/b8-6+. The van der Waals surface area contributed by atoms with Crippen molar-refractivity contribution in [2.45, 2.75) is 6.18 Å². The molecule has 2 rings (SSSR count). The Balaban J connectivity index is 2.49. The van der Waals surface area contributed by atoms with Gasteiger partial charge in [-0.3, -0.25) is 0 Å². The lowest BCUT2D eigenvalue weighted by molar-refractivity contribution is -0.137. The van der Waals surface area contributed by atoms with Gasteiger partial charge >= 0.3 is 12.1 Å². The molecule has 0 amide bonds. The predicted molar refractivity (Wildman–Crippen MR) is 73.5 cm³/mol. The molecule has 0 unspecified atom stereocenters. The highest BCUT2D eigenvalue weighted by atomic mass is 19.4. The monoisotopic (exact) mass is 310 g/mol. The lowest BCUT2D eigenvalue weighted by Gasteiger charge is -2.13. The highest BCUT2D eigenvalue weighted by Crippen LogP contribution is 2.37. The van der Waals surface area contributed by atoms with Crippen molar-refractivity contribution in [2.24, 2.45) is 0 Å². The van der Waals surface area contributed by atoms with E-state index < -0.39 is 23.5 Å². The zero-order valence-corrected chi connectivity index (χ0v) is 11.1. The number of rotatable bonds is 3. The number of carboxylic acids is 1. The third kappa shape index (κ3) is 3.52. The zero-order valence-electron chi connectivity index (χ0n) is 11.1. The molecule has 22 heavy (non-hydrogen) atoms. The number of aliphatic carboxylic acids is 1. The maximum Gasteiger partial charge on any atom is 0.417 e. The number of carboxylic acid groups (broad SMARTS) is 1. The molecule has 2 nitrogen and oxygen atoms in total. The predicted octanol–water partition coefficient (Wildman–Crippen LogP) is 4.61. The van der Waals surface area contributed by atoms with Crippen LogP contribution in [-0.4, -0.2) is 11.1 Å². The van der Waals surface area contributed by atoms with Crippen LogP contribution >= 0.6 is 0 Å². The van der Waals surface area contributed by atoms with Crippen LogP contribution in [0.15, 0.2) is 48.5 Å². The fourth-order valence-corrected chi connectivity index (χ4v) is 1.99. The molecule has 1 N–H and O–H groups in total. The minimum absolute atomic E-state index is 0.194. The summed E-state index contributed by atoms with van der Waals surface area (Å²) in [5.74, 6) is -2.06. The van der Waals surface area contributed by atoms with Gasteiger partial charge in [0.15, 0.2) is 0 Å². The van der Waals surface area contributed by atoms with Crippen molar-refractivity contribution in [2.75, 3.05) is 0 Å². The van der Waals surface area contributed by atoms with Gasteiger partial charge in [-0.15, -0.1) is 0 Å². The molecule has 0 fully saturated rings. The Kier molecular flexibility index (Phi) is 4.30. The van der Waals surface area contributed by atoms with E-state index in [4.69, 9.17) is 5.11 Å². The lowest BCUT2D eigenvalue weighted by Crippen LogP contribution is -2.07. The Bertz CT molecular complexity index is 733. The number of alkyl halides is 3. The molecule has 0 aliphatic carbocycles. The fraction of sp³-hybridized carbons (Fsp3) is 0.0625. The molecule has 0 atom stereocenters. The Labute approximate surface area is 123 Å². The first-order valence-corrected chi connectivity index (χ1v) is 6.16. The van der Waals surface area contributed by atoms with Gasteiger partial charge in [-0.2, -0.15) is 13.2 Å². The van der Waals surface area contributed by atoms with Crippen LogP contribution in [0.2, 0.25) is 0 Å². The van der Waals surface area contributed by atoms with E-state index in [1.165, 1.54) is 30.3 Å². The van der Waals surface area contributed by atoms with Gasteiger partial charge in [0.05, 0.1) is 5.56 Å². The normalized spacial score (nSPS) is 11.8. The van der Waals surface area contributed by atoms with Crippen LogP contribution in [0.5, 0.6) is 0 Å². The van der Waals surface area contributed by atoms with Crippen molar-refractivity contribution in [3.05, 3.63) is 65.5 Å². The fourth-order valence-electron chi connectivity index (χ4n) is 1.99. The van der Waals surface area contributed by atoms with Gasteiger partial charge < -0.3 is 5.11 Å². The van der Waals surface area contributed by atoms with Gasteiger partial charge in [-0.1, -0.05) is 30.3 Å². The van der Waals surface area contributed by atoms with Gasteiger partial charge in [0, 0.05) is 11.6 Å². The summed E-state index contributed by atoms with van der Waals surface area (Å²) < 4.78 is 52.9. The first kappa shape index (κ1) is 15.8. The van der Waals surface area contributed by atoms with E-state index in [9.17, 15) is 22.4 Å². The van der Waals surface area contributed by atoms with Crippen LogP contribution in [-0.2, 0) is 11.0 Å². The van der Waals surface area contributed by atoms with E-state index in [1.54, 1.807) is 0 Å². The molecule has 0 spiro atoms. The molecule has 0 aliphatic heterocycles. The smallest absolute Gasteiger partial charge is 0.417 e. The molecule has 0 heterocycles. The number of hydrogen-bond acceptors (Lipinski definition) is 1. The summed E-state index contributed by atoms with van der Waals surface area (Å²) in [5, 5.41) is 8.50. The van der Waals surface area contributed by atoms with Crippen LogP contribution in [0.25, 0.3) is 17.2 Å². The van der Waals surface area contributed by atoms with Crippen LogP contribution in [0.4, 0.5) is 17.6 Å². The third-order valence-electron chi connectivity index (χ3n) is 2.93. The molecule has 0 aliphatic rings. The molecule has 6 heteroatoms. The molecular formula is C16H10F4O2. The second kappa shape index (κ2) is 6.01. The van der Waals surface area contributed by atoms with Crippen molar-refractivity contribution >= 4 is 12.0 Å². The number of halogens is 4. The second-order valence-corrected chi connectivity index (χ2v) is 4.45.